The van der Waals surface area contributed by atoms with Crippen LogP contribution in [0, 0.1) is 0 Å². The van der Waals surface area contributed by atoms with E-state index >= 15 is 0 Å². The lowest BCUT2D eigenvalue weighted by atomic mass is 10.1. The van der Waals surface area contributed by atoms with Gasteiger partial charge in [-0.25, -0.2) is 0 Å². The molecule has 8 heteroatoms. The van der Waals surface area contributed by atoms with E-state index in [1.807, 2.05) is 31.3 Å². The average molecular weight is 349 g/mol. The average Bonchev–Trinajstić information content (AvgIpc) is 3.27. The van der Waals surface area contributed by atoms with Gasteiger partial charge in [-0.05, 0) is 18.2 Å². The predicted octanol–water partition coefficient (Wildman–Crippen LogP) is 2.15. The molecule has 8 nitrogen and oxygen atoms in total. The van der Waals surface area contributed by atoms with Crippen molar-refractivity contribution in [2.75, 3.05) is 6.61 Å². The summed E-state index contributed by atoms with van der Waals surface area (Å²) in [7, 11) is 1.88. The minimum absolute atomic E-state index is 0.227. The Morgan fingerprint density at radius 1 is 1.27 bits per heavy atom. The second-order valence-corrected chi connectivity index (χ2v) is 5.72. The fraction of sp³-hybridized carbons (Fsp3) is 0.111. The van der Waals surface area contributed by atoms with Gasteiger partial charge in [0.15, 0.2) is 6.61 Å². The number of fused-ring (bicyclic) bond motifs is 1. The maximum absolute atomic E-state index is 11.0. The Balaban J connectivity index is 1.69. The number of carbonyl (C=O) groups excluding carboxylic acids is 1. The molecule has 26 heavy (non-hydrogen) atoms. The monoisotopic (exact) mass is 349 g/mol. The Morgan fingerprint density at radius 2 is 2.12 bits per heavy atom. The van der Waals surface area contributed by atoms with Gasteiger partial charge in [0.05, 0.1) is 17.3 Å². The topological polar surface area (TPSA) is 109 Å². The summed E-state index contributed by atoms with van der Waals surface area (Å²) < 4.78 is 12.6. The molecule has 0 bridgehead atoms. The first-order chi connectivity index (χ1) is 12.6. The molecule has 2 aromatic heterocycles. The number of aromatic nitrogens is 4. The van der Waals surface area contributed by atoms with E-state index in [1.165, 1.54) is 0 Å². The third-order valence-electron chi connectivity index (χ3n) is 3.92. The van der Waals surface area contributed by atoms with Crippen LogP contribution < -0.4 is 10.5 Å². The molecule has 0 radical (unpaired) electrons. The van der Waals surface area contributed by atoms with E-state index in [9.17, 15) is 4.79 Å². The molecule has 130 valence electrons. The molecule has 0 aliphatic carbocycles. The summed E-state index contributed by atoms with van der Waals surface area (Å²) in [6.45, 7) is -0.227. The van der Waals surface area contributed by atoms with E-state index in [0.717, 1.165) is 16.5 Å². The van der Waals surface area contributed by atoms with Gasteiger partial charge in [0.25, 0.3) is 11.8 Å². The van der Waals surface area contributed by atoms with Crippen LogP contribution >= 0.6 is 0 Å². The van der Waals surface area contributed by atoms with E-state index in [0.29, 0.717) is 23.0 Å². The third-order valence-corrected chi connectivity index (χ3v) is 3.92. The second kappa shape index (κ2) is 6.32. The van der Waals surface area contributed by atoms with Gasteiger partial charge in [-0.3, -0.25) is 9.48 Å². The van der Waals surface area contributed by atoms with Crippen molar-refractivity contribution in [3.63, 3.8) is 0 Å². The maximum atomic E-state index is 11.0. The molecule has 0 spiro atoms. The van der Waals surface area contributed by atoms with Crippen LogP contribution in [0.25, 0.3) is 33.7 Å². The fourth-order valence-corrected chi connectivity index (χ4v) is 2.65. The van der Waals surface area contributed by atoms with Gasteiger partial charge >= 0.3 is 0 Å². The van der Waals surface area contributed by atoms with Gasteiger partial charge in [-0.1, -0.05) is 29.4 Å². The highest BCUT2D eigenvalue weighted by molar-refractivity contribution is 5.83. The Bertz CT molecular complexity index is 1100. The molecule has 0 saturated carbocycles. The SMILES string of the molecule is Cn1ncc2ccc(-c3noc(-c4ccccc4OCC(N)=O)n3)cc21. The van der Waals surface area contributed by atoms with Gasteiger partial charge < -0.3 is 15.0 Å². The lowest BCUT2D eigenvalue weighted by Crippen LogP contribution is -2.20. The Kier molecular flexibility index (Phi) is 3.85. The van der Waals surface area contributed by atoms with E-state index in [-0.39, 0.29) is 6.61 Å². The lowest BCUT2D eigenvalue weighted by molar-refractivity contribution is -0.119. The van der Waals surface area contributed by atoms with Crippen LogP contribution in [0.1, 0.15) is 0 Å². The molecule has 4 rings (SSSR count). The summed E-state index contributed by atoms with van der Waals surface area (Å²) in [5.41, 5.74) is 7.51. The zero-order valence-electron chi connectivity index (χ0n) is 13.9. The summed E-state index contributed by atoms with van der Waals surface area (Å²) in [5.74, 6) is 0.636. The largest absolute Gasteiger partial charge is 0.483 e. The normalized spacial score (nSPS) is 11.0. The van der Waals surface area contributed by atoms with Gasteiger partial charge in [-0.2, -0.15) is 10.1 Å². The van der Waals surface area contributed by atoms with Gasteiger partial charge in [0.2, 0.25) is 5.82 Å². The van der Waals surface area contributed by atoms with Crippen molar-refractivity contribution < 1.29 is 14.1 Å². The molecule has 0 fully saturated rings. The predicted molar refractivity (Wildman–Crippen MR) is 94.1 cm³/mol. The first-order valence-corrected chi connectivity index (χ1v) is 7.88. The summed E-state index contributed by atoms with van der Waals surface area (Å²) in [5, 5.41) is 9.32. The van der Waals surface area contributed by atoms with Crippen molar-refractivity contribution in [3.8, 4) is 28.6 Å². The number of hydrogen-bond acceptors (Lipinski definition) is 6. The number of amides is 1. The van der Waals surface area contributed by atoms with Crippen molar-refractivity contribution in [2.24, 2.45) is 12.8 Å². The molecule has 2 heterocycles. The van der Waals surface area contributed by atoms with Crippen molar-refractivity contribution in [1.82, 2.24) is 19.9 Å². The van der Waals surface area contributed by atoms with Crippen LogP contribution in [0.4, 0.5) is 0 Å². The molecule has 0 unspecified atom stereocenters. The number of para-hydroxylation sites is 1. The molecular formula is C18H15N5O3. The third kappa shape index (κ3) is 2.88. The molecule has 4 aromatic rings. The van der Waals surface area contributed by atoms with E-state index in [1.54, 1.807) is 29.1 Å². The number of nitrogens with two attached hydrogens (primary N) is 1. The van der Waals surface area contributed by atoms with Crippen molar-refractivity contribution >= 4 is 16.8 Å². The number of carbonyl (C=O) groups is 1. The highest BCUT2D eigenvalue weighted by Crippen LogP contribution is 2.30. The molecule has 0 saturated heterocycles. The molecule has 2 N–H and O–H groups in total. The molecule has 0 aliphatic heterocycles. The van der Waals surface area contributed by atoms with Crippen LogP contribution in [0.15, 0.2) is 53.2 Å². The first-order valence-electron chi connectivity index (χ1n) is 7.88. The van der Waals surface area contributed by atoms with Gasteiger partial charge in [0.1, 0.15) is 5.75 Å². The first kappa shape index (κ1) is 15.8. The summed E-state index contributed by atoms with van der Waals surface area (Å²) in [6.07, 6.45) is 1.80. The standard InChI is InChI=1S/C18H15N5O3/c1-23-14-8-11(6-7-12(14)9-20-23)17-21-18(26-22-17)13-4-2-3-5-15(13)25-10-16(19)24/h2-9H,10H2,1H3,(H2,19,24). The molecular weight excluding hydrogens is 334 g/mol. The molecule has 1 amide bonds. The zero-order valence-corrected chi connectivity index (χ0v) is 13.9. The Labute approximate surface area is 148 Å². The van der Waals surface area contributed by atoms with E-state index in [4.69, 9.17) is 15.0 Å². The number of primary amides is 1. The van der Waals surface area contributed by atoms with Crippen molar-refractivity contribution in [3.05, 3.63) is 48.7 Å². The summed E-state index contributed by atoms with van der Waals surface area (Å²) in [4.78, 5) is 15.4. The van der Waals surface area contributed by atoms with Crippen LogP contribution in [0.3, 0.4) is 0 Å². The number of rotatable bonds is 5. The summed E-state index contributed by atoms with van der Waals surface area (Å²) >= 11 is 0. The number of aryl methyl sites for hydroxylation is 1. The Hall–Kier alpha value is -3.68. The van der Waals surface area contributed by atoms with Crippen LogP contribution in [-0.4, -0.2) is 32.4 Å². The molecule has 2 aromatic carbocycles. The number of hydrogen-bond donors (Lipinski definition) is 1. The molecule has 0 aliphatic rings. The number of ether oxygens (including phenoxy) is 1. The van der Waals surface area contributed by atoms with Crippen LogP contribution in [0.2, 0.25) is 0 Å². The molecule has 0 atom stereocenters. The van der Waals surface area contributed by atoms with Gasteiger partial charge in [0, 0.05) is 18.0 Å². The maximum Gasteiger partial charge on any atom is 0.262 e. The van der Waals surface area contributed by atoms with E-state index in [2.05, 4.69) is 15.2 Å². The van der Waals surface area contributed by atoms with Crippen molar-refractivity contribution in [2.45, 2.75) is 0 Å². The summed E-state index contributed by atoms with van der Waals surface area (Å²) in [6, 6.07) is 12.9. The second-order valence-electron chi connectivity index (χ2n) is 5.72. The lowest BCUT2D eigenvalue weighted by Gasteiger charge is -2.06. The quantitative estimate of drug-likeness (QED) is 0.591. The fourth-order valence-electron chi connectivity index (χ4n) is 2.65. The smallest absolute Gasteiger partial charge is 0.262 e. The van der Waals surface area contributed by atoms with Gasteiger partial charge in [-0.15, -0.1) is 0 Å². The van der Waals surface area contributed by atoms with Crippen molar-refractivity contribution in [1.29, 1.82) is 0 Å². The van der Waals surface area contributed by atoms with Crippen LogP contribution in [0.5, 0.6) is 5.75 Å². The van der Waals surface area contributed by atoms with Crippen LogP contribution in [-0.2, 0) is 11.8 Å². The number of benzene rings is 2. The Morgan fingerprint density at radius 3 is 2.96 bits per heavy atom. The van der Waals surface area contributed by atoms with E-state index < -0.39 is 5.91 Å². The minimum atomic E-state index is -0.560. The number of nitrogens with zero attached hydrogens (tertiary/aromatic N) is 4. The zero-order chi connectivity index (χ0) is 18.1. The highest BCUT2D eigenvalue weighted by Gasteiger charge is 2.16. The highest BCUT2D eigenvalue weighted by atomic mass is 16.5. The minimum Gasteiger partial charge on any atom is -0.483 e.